The Morgan fingerprint density at radius 1 is 0.750 bits per heavy atom. The summed E-state index contributed by atoms with van der Waals surface area (Å²) in [5.74, 6) is 0. The van der Waals surface area contributed by atoms with Crippen molar-refractivity contribution in [2.45, 2.75) is 31.2 Å². The highest BCUT2D eigenvalue weighted by atomic mass is 31.2. The molecule has 0 fully saturated rings. The van der Waals surface area contributed by atoms with E-state index >= 15 is 0 Å². The number of hydrogen-bond acceptors (Lipinski definition) is 5. The molecule has 0 bridgehead atoms. The molecule has 2 N–H and O–H groups in total. The molecule has 0 aromatic rings. The fraction of sp³-hybridized carbons (Fsp3) is 1.00. The van der Waals surface area contributed by atoms with Crippen LogP contribution in [0.4, 0.5) is 0 Å². The van der Waals surface area contributed by atoms with Crippen LogP contribution in [0.25, 0.3) is 0 Å². The highest BCUT2D eigenvalue weighted by molar-refractivity contribution is 7.49. The average Bonchev–Trinajstić information content (AvgIpc) is 2.30. The smallest absolute Gasteiger partial charge is 0.174 e. The van der Waals surface area contributed by atoms with Gasteiger partial charge in [-0.1, -0.05) is 13.8 Å². The summed E-state index contributed by atoms with van der Waals surface area (Å²) in [7, 11) is 4.65. The van der Waals surface area contributed by atoms with Crippen molar-refractivity contribution in [1.82, 2.24) is 0 Å². The van der Waals surface area contributed by atoms with Gasteiger partial charge in [-0.3, -0.25) is 0 Å². The normalized spacial score (nSPS) is 17.8. The topological polar surface area (TPSA) is 62.9 Å². The summed E-state index contributed by atoms with van der Waals surface area (Å²) in [5.41, 5.74) is 6.45. The monoisotopic (exact) mass is 271 g/mol. The third-order valence-corrected chi connectivity index (χ3v) is 5.96. The van der Waals surface area contributed by atoms with Gasteiger partial charge in [0, 0.05) is 45.8 Å². The maximum absolute atomic E-state index is 6.18. The van der Waals surface area contributed by atoms with Crippen LogP contribution < -0.4 is 5.73 Å². The van der Waals surface area contributed by atoms with E-state index in [2.05, 4.69) is 0 Å². The van der Waals surface area contributed by atoms with E-state index in [1.165, 1.54) is 0 Å². The third-order valence-electron chi connectivity index (χ3n) is 2.50. The van der Waals surface area contributed by atoms with Gasteiger partial charge in [0.05, 0.1) is 0 Å². The van der Waals surface area contributed by atoms with Crippen molar-refractivity contribution in [1.29, 1.82) is 0 Å². The Labute approximate surface area is 101 Å². The molecule has 16 heavy (non-hydrogen) atoms. The molecule has 0 aromatic carbocycles. The molecule has 0 saturated carbocycles. The first-order valence-electron chi connectivity index (χ1n) is 5.03. The average molecular weight is 271 g/mol. The SMILES string of the molecule is COP(OC)C(C)C(N)C(C)P(OC)OC. The zero-order chi connectivity index (χ0) is 12.7. The molecule has 0 aromatic heterocycles. The Morgan fingerprint density at radius 2 is 1.00 bits per heavy atom. The van der Waals surface area contributed by atoms with Crippen LogP contribution in [-0.4, -0.2) is 45.8 Å². The molecule has 0 saturated heterocycles. The van der Waals surface area contributed by atoms with E-state index in [1.807, 2.05) is 13.8 Å². The summed E-state index contributed by atoms with van der Waals surface area (Å²) in [5, 5.41) is 0. The Hall–Kier alpha value is 0.660. The third kappa shape index (κ3) is 4.50. The number of rotatable bonds is 8. The second-order valence-electron chi connectivity index (χ2n) is 3.36. The summed E-state index contributed by atoms with van der Waals surface area (Å²) in [6, 6.07) is -0.0722. The lowest BCUT2D eigenvalue weighted by Crippen LogP contribution is -2.40. The minimum Gasteiger partial charge on any atom is -0.337 e. The second-order valence-corrected chi connectivity index (χ2v) is 7.59. The van der Waals surface area contributed by atoms with Gasteiger partial charge in [0.2, 0.25) is 0 Å². The number of nitrogens with two attached hydrogens (primary N) is 1. The summed E-state index contributed by atoms with van der Waals surface area (Å²) < 4.78 is 21.1. The van der Waals surface area contributed by atoms with Crippen molar-refractivity contribution in [3.8, 4) is 0 Å². The van der Waals surface area contributed by atoms with E-state index in [-0.39, 0.29) is 17.4 Å². The maximum atomic E-state index is 6.18. The van der Waals surface area contributed by atoms with Gasteiger partial charge in [0.15, 0.2) is 16.8 Å². The van der Waals surface area contributed by atoms with E-state index in [9.17, 15) is 0 Å². The summed E-state index contributed by atoms with van der Waals surface area (Å²) in [4.78, 5) is 0. The fourth-order valence-electron chi connectivity index (χ4n) is 1.50. The van der Waals surface area contributed by atoms with Crippen LogP contribution in [0, 0.1) is 0 Å². The first-order chi connectivity index (χ1) is 7.53. The Bertz CT molecular complexity index is 161. The van der Waals surface area contributed by atoms with Crippen molar-refractivity contribution in [2.75, 3.05) is 28.4 Å². The molecule has 0 amide bonds. The van der Waals surface area contributed by atoms with Gasteiger partial charge < -0.3 is 23.8 Å². The molecule has 7 heteroatoms. The maximum Gasteiger partial charge on any atom is 0.174 e. The summed E-state index contributed by atoms with van der Waals surface area (Å²) in [6.07, 6.45) is 0. The molecule has 0 aliphatic heterocycles. The van der Waals surface area contributed by atoms with Gasteiger partial charge in [0.1, 0.15) is 0 Å². The minimum absolute atomic E-state index is 0.0722. The molecular formula is C9H23NO4P2. The van der Waals surface area contributed by atoms with Crippen molar-refractivity contribution >= 4 is 16.8 Å². The minimum atomic E-state index is -0.950. The Morgan fingerprint density at radius 3 is 1.19 bits per heavy atom. The zero-order valence-corrected chi connectivity index (χ0v) is 12.6. The first-order valence-corrected chi connectivity index (χ1v) is 7.53. The van der Waals surface area contributed by atoms with Crippen LogP contribution in [0.5, 0.6) is 0 Å². The molecule has 0 aliphatic carbocycles. The van der Waals surface area contributed by atoms with Gasteiger partial charge in [-0.15, -0.1) is 0 Å². The lowest BCUT2D eigenvalue weighted by atomic mass is 10.2. The summed E-state index contributed by atoms with van der Waals surface area (Å²) in [6.45, 7) is 4.05. The fourth-order valence-corrected chi connectivity index (χ4v) is 4.34. The van der Waals surface area contributed by atoms with Gasteiger partial charge in [-0.05, 0) is 0 Å². The van der Waals surface area contributed by atoms with E-state index < -0.39 is 16.8 Å². The quantitative estimate of drug-likeness (QED) is 0.686. The Balaban J connectivity index is 4.45. The molecule has 2 unspecified atom stereocenters. The molecule has 0 spiro atoms. The van der Waals surface area contributed by atoms with E-state index in [0.717, 1.165) is 0 Å². The van der Waals surface area contributed by atoms with Gasteiger partial charge in [0.25, 0.3) is 0 Å². The molecular weight excluding hydrogens is 248 g/mol. The molecule has 0 aliphatic rings. The van der Waals surface area contributed by atoms with Gasteiger partial charge in [-0.25, -0.2) is 0 Å². The lowest BCUT2D eigenvalue weighted by molar-refractivity contribution is 0.313. The predicted molar refractivity (Wildman–Crippen MR) is 68.8 cm³/mol. The van der Waals surface area contributed by atoms with Gasteiger partial charge >= 0.3 is 0 Å². The highest BCUT2D eigenvalue weighted by Gasteiger charge is 2.32. The van der Waals surface area contributed by atoms with Crippen molar-refractivity contribution in [2.24, 2.45) is 5.73 Å². The lowest BCUT2D eigenvalue weighted by Gasteiger charge is -2.32. The Kier molecular flexibility index (Phi) is 9.07. The molecule has 0 radical (unpaired) electrons. The first kappa shape index (κ1) is 16.7. The van der Waals surface area contributed by atoms with E-state index in [1.54, 1.807) is 28.4 Å². The second kappa shape index (κ2) is 8.71. The molecule has 2 atom stereocenters. The van der Waals surface area contributed by atoms with Gasteiger partial charge in [-0.2, -0.15) is 0 Å². The van der Waals surface area contributed by atoms with Crippen LogP contribution in [-0.2, 0) is 18.1 Å². The van der Waals surface area contributed by atoms with Crippen LogP contribution >= 0.6 is 16.8 Å². The largest absolute Gasteiger partial charge is 0.337 e. The van der Waals surface area contributed by atoms with Crippen molar-refractivity contribution < 1.29 is 18.1 Å². The molecule has 0 heterocycles. The highest BCUT2D eigenvalue weighted by Crippen LogP contribution is 2.49. The molecule has 5 nitrogen and oxygen atoms in total. The standard InChI is InChI=1S/C9H23NO4P2/c1-7(15(11-3)12-4)9(10)8(2)16(13-5)14-6/h7-9H,10H2,1-6H3. The van der Waals surface area contributed by atoms with Crippen LogP contribution in [0.3, 0.4) is 0 Å². The molecule has 98 valence electrons. The van der Waals surface area contributed by atoms with Crippen LogP contribution in [0.1, 0.15) is 13.8 Å². The van der Waals surface area contributed by atoms with Crippen LogP contribution in [0.2, 0.25) is 0 Å². The van der Waals surface area contributed by atoms with Crippen molar-refractivity contribution in [3.05, 3.63) is 0 Å². The van der Waals surface area contributed by atoms with E-state index in [4.69, 9.17) is 23.8 Å². The zero-order valence-electron chi connectivity index (χ0n) is 10.8. The number of hydrogen-bond donors (Lipinski definition) is 1. The molecule has 0 rings (SSSR count). The van der Waals surface area contributed by atoms with Crippen LogP contribution in [0.15, 0.2) is 0 Å². The predicted octanol–water partition coefficient (Wildman–Crippen LogP) is 2.30. The summed E-state index contributed by atoms with van der Waals surface area (Å²) >= 11 is 0. The van der Waals surface area contributed by atoms with E-state index in [0.29, 0.717) is 0 Å². The van der Waals surface area contributed by atoms with Crippen molar-refractivity contribution in [3.63, 3.8) is 0 Å².